The molecule has 45 heavy (non-hydrogen) atoms. The number of phenolic OH excluding ortho intramolecular Hbond substituents is 1. The van der Waals surface area contributed by atoms with E-state index in [1.54, 1.807) is 66.9 Å². The van der Waals surface area contributed by atoms with Gasteiger partial charge in [0, 0.05) is 34.9 Å². The Labute approximate surface area is 259 Å². The third-order valence-corrected chi connectivity index (χ3v) is 7.07. The molecule has 9 nitrogen and oxygen atoms in total. The summed E-state index contributed by atoms with van der Waals surface area (Å²) in [5.41, 5.74) is 6.97. The van der Waals surface area contributed by atoms with E-state index in [2.05, 4.69) is 30.9 Å². The van der Waals surface area contributed by atoms with Crippen molar-refractivity contribution in [3.05, 3.63) is 144 Å². The van der Waals surface area contributed by atoms with E-state index in [1.807, 2.05) is 55.5 Å². The molecule has 2 amide bonds. The van der Waals surface area contributed by atoms with E-state index in [1.165, 1.54) is 12.4 Å². The van der Waals surface area contributed by atoms with Crippen molar-refractivity contribution in [2.45, 2.75) is 6.92 Å². The van der Waals surface area contributed by atoms with Crippen molar-refractivity contribution in [3.63, 3.8) is 0 Å². The largest absolute Gasteiger partial charge is 0.508 e. The standard InChI is InChI=1S/C36H28N6O3/c1-23-7-14-29(20-33(23)42-36-38-18-17-32(41-36)26-12-15-31(43)16-13-26)39-35(45)28-19-30(22-37-21-28)40-34(44)27-10-8-25(9-11-27)24-5-3-2-4-6-24/h2-22,43H,1H3,(H,39,45)(H,40,44)(H,38,41,42). The van der Waals surface area contributed by atoms with Crippen LogP contribution in [0.15, 0.2) is 128 Å². The summed E-state index contributed by atoms with van der Waals surface area (Å²) in [5.74, 6) is -0.126. The molecule has 0 bridgehead atoms. The second-order valence-corrected chi connectivity index (χ2v) is 10.3. The molecule has 0 aliphatic heterocycles. The van der Waals surface area contributed by atoms with Crippen LogP contribution in [-0.2, 0) is 0 Å². The van der Waals surface area contributed by atoms with E-state index in [-0.39, 0.29) is 23.1 Å². The summed E-state index contributed by atoms with van der Waals surface area (Å²) >= 11 is 0. The predicted octanol–water partition coefficient (Wildman–Crippen LogP) is 7.47. The van der Waals surface area contributed by atoms with Gasteiger partial charge in [-0.25, -0.2) is 9.97 Å². The van der Waals surface area contributed by atoms with Gasteiger partial charge >= 0.3 is 0 Å². The maximum absolute atomic E-state index is 13.1. The molecule has 4 N–H and O–H groups in total. The molecule has 0 aliphatic rings. The maximum Gasteiger partial charge on any atom is 0.257 e. The zero-order valence-corrected chi connectivity index (χ0v) is 24.2. The summed E-state index contributed by atoms with van der Waals surface area (Å²) in [5, 5.41) is 18.5. The number of aromatic hydroxyl groups is 1. The van der Waals surface area contributed by atoms with E-state index >= 15 is 0 Å². The van der Waals surface area contributed by atoms with E-state index in [9.17, 15) is 14.7 Å². The van der Waals surface area contributed by atoms with Crippen molar-refractivity contribution < 1.29 is 14.7 Å². The topological polar surface area (TPSA) is 129 Å². The molecule has 0 atom stereocenters. The Balaban J connectivity index is 1.12. The fraction of sp³-hybridized carbons (Fsp3) is 0.0278. The van der Waals surface area contributed by atoms with Crippen LogP contribution in [0.2, 0.25) is 0 Å². The molecule has 0 radical (unpaired) electrons. The first-order valence-corrected chi connectivity index (χ1v) is 14.1. The summed E-state index contributed by atoms with van der Waals surface area (Å²) < 4.78 is 0. The van der Waals surface area contributed by atoms with Gasteiger partial charge in [0.1, 0.15) is 5.75 Å². The van der Waals surface area contributed by atoms with Crippen molar-refractivity contribution in [2.24, 2.45) is 0 Å². The molecule has 0 fully saturated rings. The Morgan fingerprint density at radius 2 is 1.36 bits per heavy atom. The molecule has 6 aromatic rings. The lowest BCUT2D eigenvalue weighted by atomic mass is 10.0. The summed E-state index contributed by atoms with van der Waals surface area (Å²) in [6, 6.07) is 32.8. The highest BCUT2D eigenvalue weighted by Crippen LogP contribution is 2.26. The normalized spacial score (nSPS) is 10.6. The number of benzene rings is 4. The van der Waals surface area contributed by atoms with Gasteiger partial charge in [-0.3, -0.25) is 14.6 Å². The average Bonchev–Trinajstić information content (AvgIpc) is 3.07. The van der Waals surface area contributed by atoms with Gasteiger partial charge in [0.2, 0.25) is 5.95 Å². The molecule has 9 heteroatoms. The number of hydrogen-bond acceptors (Lipinski definition) is 7. The lowest BCUT2D eigenvalue weighted by Crippen LogP contribution is -2.15. The Morgan fingerprint density at radius 1 is 0.667 bits per heavy atom. The van der Waals surface area contributed by atoms with Crippen LogP contribution in [0.25, 0.3) is 22.4 Å². The van der Waals surface area contributed by atoms with Crippen LogP contribution in [0.1, 0.15) is 26.3 Å². The summed E-state index contributed by atoms with van der Waals surface area (Å²) in [6.45, 7) is 1.93. The van der Waals surface area contributed by atoms with E-state index in [4.69, 9.17) is 0 Å². The summed E-state index contributed by atoms with van der Waals surface area (Å²) in [6.07, 6.45) is 4.58. The minimum atomic E-state index is -0.383. The average molecular weight is 593 g/mol. The van der Waals surface area contributed by atoms with Crippen LogP contribution in [0.5, 0.6) is 5.75 Å². The molecule has 0 unspecified atom stereocenters. The van der Waals surface area contributed by atoms with Crippen LogP contribution >= 0.6 is 0 Å². The number of pyridine rings is 1. The van der Waals surface area contributed by atoms with Gasteiger partial charge in [-0.05, 0) is 84.3 Å². The molecule has 0 saturated carbocycles. The van der Waals surface area contributed by atoms with Gasteiger partial charge in [0.25, 0.3) is 11.8 Å². The number of rotatable bonds is 8. The first-order valence-electron chi connectivity index (χ1n) is 14.1. The molecular formula is C36H28N6O3. The van der Waals surface area contributed by atoms with Gasteiger partial charge in [-0.15, -0.1) is 0 Å². The number of hydrogen-bond donors (Lipinski definition) is 4. The zero-order valence-electron chi connectivity index (χ0n) is 24.2. The first kappa shape index (κ1) is 28.8. The quantitative estimate of drug-likeness (QED) is 0.144. The molecule has 2 aromatic heterocycles. The van der Waals surface area contributed by atoms with Crippen molar-refractivity contribution in [3.8, 4) is 28.1 Å². The number of phenols is 1. The van der Waals surface area contributed by atoms with Gasteiger partial charge in [0.05, 0.1) is 23.1 Å². The van der Waals surface area contributed by atoms with Crippen LogP contribution in [0.4, 0.5) is 23.0 Å². The number of aromatic nitrogens is 3. The number of carbonyl (C=O) groups is 2. The lowest BCUT2D eigenvalue weighted by Gasteiger charge is -2.12. The fourth-order valence-corrected chi connectivity index (χ4v) is 4.65. The van der Waals surface area contributed by atoms with Crippen molar-refractivity contribution in [1.29, 1.82) is 0 Å². The fourth-order valence-electron chi connectivity index (χ4n) is 4.65. The molecule has 6 rings (SSSR count). The summed E-state index contributed by atoms with van der Waals surface area (Å²) in [4.78, 5) is 39.1. The van der Waals surface area contributed by atoms with Crippen LogP contribution in [0.3, 0.4) is 0 Å². The molecule has 2 heterocycles. The number of carbonyl (C=O) groups excluding carboxylic acids is 2. The molecule has 220 valence electrons. The Kier molecular flexibility index (Phi) is 8.23. The van der Waals surface area contributed by atoms with Gasteiger partial charge in [-0.2, -0.15) is 0 Å². The third-order valence-electron chi connectivity index (χ3n) is 7.07. The SMILES string of the molecule is Cc1ccc(NC(=O)c2cncc(NC(=O)c3ccc(-c4ccccc4)cc3)c2)cc1Nc1nccc(-c2ccc(O)cc2)n1. The monoisotopic (exact) mass is 592 g/mol. The van der Waals surface area contributed by atoms with Gasteiger partial charge in [0.15, 0.2) is 0 Å². The second-order valence-electron chi connectivity index (χ2n) is 10.3. The molecule has 0 spiro atoms. The number of anilines is 4. The van der Waals surface area contributed by atoms with Crippen LogP contribution in [-0.4, -0.2) is 31.9 Å². The van der Waals surface area contributed by atoms with Crippen molar-refractivity contribution in [1.82, 2.24) is 15.0 Å². The lowest BCUT2D eigenvalue weighted by molar-refractivity contribution is 0.101. The minimum Gasteiger partial charge on any atom is -0.508 e. The number of nitrogens with zero attached hydrogens (tertiary/aromatic N) is 3. The number of amides is 2. The highest BCUT2D eigenvalue weighted by Gasteiger charge is 2.13. The Hall–Kier alpha value is -6.35. The second kappa shape index (κ2) is 12.9. The minimum absolute atomic E-state index is 0.179. The number of nitrogens with one attached hydrogen (secondary N) is 3. The van der Waals surface area contributed by atoms with Crippen molar-refractivity contribution in [2.75, 3.05) is 16.0 Å². The molecular weight excluding hydrogens is 564 g/mol. The van der Waals surface area contributed by atoms with Crippen LogP contribution in [0, 0.1) is 6.92 Å². The smallest absolute Gasteiger partial charge is 0.257 e. The predicted molar refractivity (Wildman–Crippen MR) is 176 cm³/mol. The highest BCUT2D eigenvalue weighted by atomic mass is 16.3. The zero-order chi connectivity index (χ0) is 31.2. The van der Waals surface area contributed by atoms with E-state index in [0.717, 1.165) is 22.3 Å². The molecule has 0 aliphatic carbocycles. The van der Waals surface area contributed by atoms with Gasteiger partial charge < -0.3 is 21.1 Å². The summed E-state index contributed by atoms with van der Waals surface area (Å²) in [7, 11) is 0. The Morgan fingerprint density at radius 3 is 2.13 bits per heavy atom. The molecule has 0 saturated heterocycles. The Bertz CT molecular complexity index is 1980. The highest BCUT2D eigenvalue weighted by molar-refractivity contribution is 6.07. The third kappa shape index (κ3) is 7.00. The van der Waals surface area contributed by atoms with Gasteiger partial charge in [-0.1, -0.05) is 48.5 Å². The maximum atomic E-state index is 13.1. The van der Waals surface area contributed by atoms with Crippen molar-refractivity contribution >= 4 is 34.8 Å². The first-order chi connectivity index (χ1) is 21.9. The molecule has 4 aromatic carbocycles. The van der Waals surface area contributed by atoms with E-state index in [0.29, 0.717) is 34.3 Å². The number of aryl methyl sites for hydroxylation is 1. The van der Waals surface area contributed by atoms with Crippen LogP contribution < -0.4 is 16.0 Å². The van der Waals surface area contributed by atoms with E-state index < -0.39 is 0 Å².